The number of aliphatic hydroxyl groups excluding tert-OH is 1. The summed E-state index contributed by atoms with van der Waals surface area (Å²) in [5.74, 6) is -0.386. The lowest BCUT2D eigenvalue weighted by Crippen LogP contribution is -2.06. The number of hydrogen-bond donors (Lipinski definition) is 3. The van der Waals surface area contributed by atoms with E-state index in [2.05, 4.69) is 15.6 Å². The molecule has 3 rings (SSSR count). The van der Waals surface area contributed by atoms with E-state index in [9.17, 15) is 9.59 Å². The van der Waals surface area contributed by atoms with E-state index in [1.807, 2.05) is 24.3 Å². The lowest BCUT2D eigenvalue weighted by molar-refractivity contribution is -0.110. The molecule has 1 aromatic heterocycles. The number of amides is 1. The molecule has 3 N–H and O–H groups in total. The van der Waals surface area contributed by atoms with Crippen LogP contribution < -0.4 is 10.6 Å². The van der Waals surface area contributed by atoms with Gasteiger partial charge in [0.2, 0.25) is 0 Å². The van der Waals surface area contributed by atoms with E-state index < -0.39 is 5.97 Å². The summed E-state index contributed by atoms with van der Waals surface area (Å²) in [5, 5.41) is 14.9. The first-order chi connectivity index (χ1) is 12.6. The zero-order chi connectivity index (χ0) is 18.5. The SMILES string of the molecule is CCOC(=O)c1cnc2c(c1)/C(=C\Nc1ccccc1CCO)C(=O)N2. The van der Waals surface area contributed by atoms with E-state index in [0.29, 0.717) is 23.4 Å². The van der Waals surface area contributed by atoms with Crippen LogP contribution in [0, 0.1) is 0 Å². The van der Waals surface area contributed by atoms with E-state index in [0.717, 1.165) is 11.3 Å². The van der Waals surface area contributed by atoms with Gasteiger partial charge in [-0.1, -0.05) is 18.2 Å². The maximum atomic E-state index is 12.3. The Morgan fingerprint density at radius 2 is 2.19 bits per heavy atom. The first-order valence-electron chi connectivity index (χ1n) is 8.28. The van der Waals surface area contributed by atoms with Crippen LogP contribution >= 0.6 is 0 Å². The minimum absolute atomic E-state index is 0.0331. The first-order valence-corrected chi connectivity index (χ1v) is 8.28. The minimum Gasteiger partial charge on any atom is -0.462 e. The lowest BCUT2D eigenvalue weighted by atomic mass is 10.1. The molecular weight excluding hydrogens is 334 g/mol. The second-order valence-electron chi connectivity index (χ2n) is 5.63. The molecule has 0 bridgehead atoms. The smallest absolute Gasteiger partial charge is 0.339 e. The Hall–Kier alpha value is -3.19. The van der Waals surface area contributed by atoms with Crippen LogP contribution in [0.1, 0.15) is 28.4 Å². The number of aromatic nitrogens is 1. The summed E-state index contributed by atoms with van der Waals surface area (Å²) in [4.78, 5) is 28.3. The Morgan fingerprint density at radius 3 is 2.96 bits per heavy atom. The van der Waals surface area contributed by atoms with Gasteiger partial charge < -0.3 is 20.5 Å². The number of nitrogens with one attached hydrogen (secondary N) is 2. The van der Waals surface area contributed by atoms with Gasteiger partial charge in [-0.15, -0.1) is 0 Å². The maximum Gasteiger partial charge on any atom is 0.339 e. The number of carbonyl (C=O) groups excluding carboxylic acids is 2. The van der Waals surface area contributed by atoms with Crippen LogP contribution in [0.3, 0.4) is 0 Å². The summed E-state index contributed by atoms with van der Waals surface area (Å²) in [7, 11) is 0. The normalized spacial score (nSPS) is 14.1. The van der Waals surface area contributed by atoms with E-state index in [1.54, 1.807) is 19.2 Å². The third kappa shape index (κ3) is 3.57. The van der Waals surface area contributed by atoms with Crippen molar-refractivity contribution in [3.63, 3.8) is 0 Å². The maximum absolute atomic E-state index is 12.3. The quantitative estimate of drug-likeness (QED) is 0.544. The van der Waals surface area contributed by atoms with Gasteiger partial charge in [-0.2, -0.15) is 0 Å². The van der Waals surface area contributed by atoms with Crippen molar-refractivity contribution in [2.75, 3.05) is 23.8 Å². The number of hydrogen-bond acceptors (Lipinski definition) is 6. The Balaban J connectivity index is 1.90. The Bertz CT molecular complexity index is 877. The Labute approximate surface area is 150 Å². The number of benzene rings is 1. The highest BCUT2D eigenvalue weighted by atomic mass is 16.5. The number of carbonyl (C=O) groups is 2. The molecule has 0 spiro atoms. The van der Waals surface area contributed by atoms with Crippen molar-refractivity contribution in [2.45, 2.75) is 13.3 Å². The highest BCUT2D eigenvalue weighted by Gasteiger charge is 2.27. The van der Waals surface area contributed by atoms with E-state index in [1.165, 1.54) is 6.20 Å². The number of esters is 1. The second-order valence-corrected chi connectivity index (χ2v) is 5.63. The molecule has 0 aliphatic carbocycles. The van der Waals surface area contributed by atoms with Crippen LogP contribution in [0.2, 0.25) is 0 Å². The largest absolute Gasteiger partial charge is 0.462 e. The van der Waals surface area contributed by atoms with Gasteiger partial charge in [-0.05, 0) is 31.0 Å². The third-order valence-corrected chi connectivity index (χ3v) is 3.94. The van der Waals surface area contributed by atoms with Crippen molar-refractivity contribution in [2.24, 2.45) is 0 Å². The van der Waals surface area contributed by atoms with E-state index >= 15 is 0 Å². The summed E-state index contributed by atoms with van der Waals surface area (Å²) < 4.78 is 4.98. The number of pyridine rings is 1. The highest BCUT2D eigenvalue weighted by Crippen LogP contribution is 2.31. The lowest BCUT2D eigenvalue weighted by Gasteiger charge is -2.08. The molecule has 0 atom stereocenters. The number of rotatable bonds is 6. The molecule has 2 heterocycles. The van der Waals surface area contributed by atoms with Gasteiger partial charge in [0.1, 0.15) is 5.82 Å². The average Bonchev–Trinajstić information content (AvgIpc) is 2.96. The number of fused-ring (bicyclic) bond motifs is 1. The molecule has 7 nitrogen and oxygen atoms in total. The molecule has 0 saturated heterocycles. The molecule has 1 aliphatic rings. The van der Waals surface area contributed by atoms with Gasteiger partial charge in [0.05, 0.1) is 17.7 Å². The predicted octanol–water partition coefficient (Wildman–Crippen LogP) is 2.20. The molecule has 1 aromatic carbocycles. The average molecular weight is 353 g/mol. The fraction of sp³-hybridized carbons (Fsp3) is 0.211. The van der Waals surface area contributed by atoms with Crippen LogP contribution in [0.4, 0.5) is 11.5 Å². The highest BCUT2D eigenvalue weighted by molar-refractivity contribution is 6.31. The summed E-state index contributed by atoms with van der Waals surface area (Å²) >= 11 is 0. The standard InChI is InChI=1S/C19H19N3O4/c1-2-26-19(25)13-9-14-15(18(24)22-17(14)21-10-13)11-20-16-6-4-3-5-12(16)7-8-23/h3-6,9-11,20,23H,2,7-8H2,1H3,(H,21,22,24)/b15-11+. The van der Waals surface area contributed by atoms with Crippen LogP contribution in [0.5, 0.6) is 0 Å². The van der Waals surface area contributed by atoms with Crippen molar-refractivity contribution in [3.8, 4) is 0 Å². The minimum atomic E-state index is -0.484. The van der Waals surface area contributed by atoms with Crippen molar-refractivity contribution in [1.29, 1.82) is 0 Å². The molecular formula is C19H19N3O4. The number of nitrogens with zero attached hydrogens (tertiary/aromatic N) is 1. The van der Waals surface area contributed by atoms with Crippen LogP contribution in [0.25, 0.3) is 5.57 Å². The Kier molecular flexibility index (Phi) is 5.28. The van der Waals surface area contributed by atoms with Crippen molar-refractivity contribution < 1.29 is 19.4 Å². The van der Waals surface area contributed by atoms with E-state index in [4.69, 9.17) is 9.84 Å². The fourth-order valence-electron chi connectivity index (χ4n) is 2.69. The number of ether oxygens (including phenoxy) is 1. The van der Waals surface area contributed by atoms with Crippen LogP contribution in [0.15, 0.2) is 42.7 Å². The molecule has 0 saturated carbocycles. The fourth-order valence-corrected chi connectivity index (χ4v) is 2.69. The molecule has 134 valence electrons. The summed E-state index contributed by atoms with van der Waals surface area (Å²) in [5.41, 5.74) is 2.92. The predicted molar refractivity (Wildman–Crippen MR) is 97.7 cm³/mol. The molecule has 0 radical (unpaired) electrons. The molecule has 7 heteroatoms. The van der Waals surface area contributed by atoms with E-state index in [-0.39, 0.29) is 24.7 Å². The van der Waals surface area contributed by atoms with Crippen molar-refractivity contribution >= 4 is 29.0 Å². The summed E-state index contributed by atoms with van der Waals surface area (Å²) in [6.07, 6.45) is 3.46. The van der Waals surface area contributed by atoms with Gasteiger partial charge in [0, 0.05) is 30.3 Å². The van der Waals surface area contributed by atoms with Gasteiger partial charge in [0.15, 0.2) is 0 Å². The van der Waals surface area contributed by atoms with Crippen LogP contribution in [-0.4, -0.2) is 35.2 Å². The first kappa shape index (κ1) is 17.6. The molecule has 0 unspecified atom stereocenters. The summed E-state index contributed by atoms with van der Waals surface area (Å²) in [6.45, 7) is 2.02. The topological polar surface area (TPSA) is 101 Å². The van der Waals surface area contributed by atoms with Crippen molar-refractivity contribution in [1.82, 2.24) is 4.98 Å². The zero-order valence-corrected chi connectivity index (χ0v) is 14.3. The number of aliphatic hydroxyl groups is 1. The van der Waals surface area contributed by atoms with Gasteiger partial charge in [-0.25, -0.2) is 9.78 Å². The molecule has 2 aromatic rings. The molecule has 0 fully saturated rings. The molecule has 26 heavy (non-hydrogen) atoms. The monoisotopic (exact) mass is 353 g/mol. The summed E-state index contributed by atoms with van der Waals surface area (Å²) in [6, 6.07) is 9.11. The Morgan fingerprint density at radius 1 is 1.38 bits per heavy atom. The zero-order valence-electron chi connectivity index (χ0n) is 14.3. The number of anilines is 2. The second kappa shape index (κ2) is 7.79. The third-order valence-electron chi connectivity index (χ3n) is 3.94. The van der Waals surface area contributed by atoms with Gasteiger partial charge >= 0.3 is 5.97 Å². The van der Waals surface area contributed by atoms with Crippen molar-refractivity contribution in [3.05, 3.63) is 59.4 Å². The van der Waals surface area contributed by atoms with Gasteiger partial charge in [0.25, 0.3) is 5.91 Å². The molecule has 1 aliphatic heterocycles. The van der Waals surface area contributed by atoms with Gasteiger partial charge in [-0.3, -0.25) is 4.79 Å². The molecule has 1 amide bonds. The number of para-hydroxylation sites is 1. The van der Waals surface area contributed by atoms with Crippen LogP contribution in [-0.2, 0) is 16.0 Å².